The lowest BCUT2D eigenvalue weighted by Crippen LogP contribution is -2.15. The van der Waals surface area contributed by atoms with E-state index < -0.39 is 11.7 Å². The number of halogens is 1. The van der Waals surface area contributed by atoms with Gasteiger partial charge in [0.15, 0.2) is 0 Å². The first-order chi connectivity index (χ1) is 8.08. The molecular formula is C10H9FN4O2. The number of nitrogens with one attached hydrogen (secondary N) is 1. The molecule has 3 N–H and O–H groups in total. The molecule has 7 heteroatoms. The largest absolute Gasteiger partial charge is 0.379 e. The number of carbonyl (C=O) groups excluding carboxylic acids is 1. The highest BCUT2D eigenvalue weighted by atomic mass is 19.1. The van der Waals surface area contributed by atoms with Crippen LogP contribution in [0.1, 0.15) is 16.1 Å². The molecule has 0 aliphatic heterocycles. The minimum atomic E-state index is -0.675. The van der Waals surface area contributed by atoms with Gasteiger partial charge in [0.05, 0.1) is 5.69 Å². The average Bonchev–Trinajstić information content (AvgIpc) is 2.68. The van der Waals surface area contributed by atoms with E-state index in [0.717, 1.165) is 5.56 Å². The summed E-state index contributed by atoms with van der Waals surface area (Å²) in [6.07, 6.45) is 0. The number of aryl methyl sites for hydroxylation is 1. The lowest BCUT2D eigenvalue weighted by molar-refractivity contribution is 0.101. The standard InChI is InChI=1S/C10H9FN4O2/c1-5-2-3-7(6(11)4-5)13-10(16)8-9(12)15-17-14-8/h2-4H,1H3,(H2,12,15)(H,13,16). The van der Waals surface area contributed by atoms with E-state index in [2.05, 4.69) is 20.3 Å². The number of hydrogen-bond donors (Lipinski definition) is 2. The van der Waals surface area contributed by atoms with Crippen LogP contribution in [-0.4, -0.2) is 16.2 Å². The predicted molar refractivity (Wildman–Crippen MR) is 57.8 cm³/mol. The zero-order valence-corrected chi connectivity index (χ0v) is 8.90. The molecule has 0 atom stereocenters. The van der Waals surface area contributed by atoms with Gasteiger partial charge in [-0.3, -0.25) is 4.79 Å². The summed E-state index contributed by atoms with van der Waals surface area (Å²) < 4.78 is 17.7. The van der Waals surface area contributed by atoms with Crippen molar-refractivity contribution >= 4 is 17.4 Å². The van der Waals surface area contributed by atoms with Crippen LogP contribution in [0.2, 0.25) is 0 Å². The van der Waals surface area contributed by atoms with Gasteiger partial charge in [0.1, 0.15) is 5.82 Å². The fraction of sp³-hybridized carbons (Fsp3) is 0.100. The maximum atomic E-state index is 13.4. The first-order valence-corrected chi connectivity index (χ1v) is 4.73. The van der Waals surface area contributed by atoms with Crippen LogP contribution in [-0.2, 0) is 0 Å². The molecule has 0 saturated carbocycles. The van der Waals surface area contributed by atoms with Crippen LogP contribution in [0.3, 0.4) is 0 Å². The molecule has 0 unspecified atom stereocenters. The first-order valence-electron chi connectivity index (χ1n) is 4.73. The van der Waals surface area contributed by atoms with Crippen molar-refractivity contribution in [2.75, 3.05) is 11.1 Å². The van der Waals surface area contributed by atoms with Crippen molar-refractivity contribution in [2.45, 2.75) is 6.92 Å². The summed E-state index contributed by atoms with van der Waals surface area (Å²) in [7, 11) is 0. The Morgan fingerprint density at radius 2 is 2.24 bits per heavy atom. The van der Waals surface area contributed by atoms with Gasteiger partial charge >= 0.3 is 0 Å². The number of nitrogen functional groups attached to an aromatic ring is 1. The van der Waals surface area contributed by atoms with Crippen molar-refractivity contribution in [3.8, 4) is 0 Å². The molecule has 6 nitrogen and oxygen atoms in total. The normalized spacial score (nSPS) is 10.2. The Labute approximate surface area is 95.6 Å². The third-order valence-corrected chi connectivity index (χ3v) is 2.10. The molecule has 0 fully saturated rings. The molecule has 0 saturated heterocycles. The summed E-state index contributed by atoms with van der Waals surface area (Å²) in [6.45, 7) is 1.74. The second-order valence-corrected chi connectivity index (χ2v) is 3.44. The zero-order chi connectivity index (χ0) is 12.4. The monoisotopic (exact) mass is 236 g/mol. The maximum absolute atomic E-state index is 13.4. The Hall–Kier alpha value is -2.44. The lowest BCUT2D eigenvalue weighted by Gasteiger charge is -2.04. The van der Waals surface area contributed by atoms with E-state index in [1.54, 1.807) is 13.0 Å². The van der Waals surface area contributed by atoms with Crippen LogP contribution in [0, 0.1) is 12.7 Å². The number of nitrogens with zero attached hydrogens (tertiary/aromatic N) is 2. The second-order valence-electron chi connectivity index (χ2n) is 3.44. The predicted octanol–water partition coefficient (Wildman–Crippen LogP) is 1.35. The molecule has 0 spiro atoms. The van der Waals surface area contributed by atoms with Gasteiger partial charge in [0, 0.05) is 0 Å². The van der Waals surface area contributed by atoms with Gasteiger partial charge in [0.2, 0.25) is 11.5 Å². The van der Waals surface area contributed by atoms with Gasteiger partial charge in [-0.15, -0.1) is 0 Å². The maximum Gasteiger partial charge on any atom is 0.281 e. The first kappa shape index (κ1) is 11.1. The highest BCUT2D eigenvalue weighted by molar-refractivity contribution is 6.05. The van der Waals surface area contributed by atoms with Gasteiger partial charge in [-0.1, -0.05) is 6.07 Å². The lowest BCUT2D eigenvalue weighted by atomic mass is 10.2. The van der Waals surface area contributed by atoms with Crippen molar-refractivity contribution < 1.29 is 13.8 Å². The Balaban J connectivity index is 2.22. The number of rotatable bonds is 2. The number of anilines is 2. The molecule has 1 aromatic heterocycles. The van der Waals surface area contributed by atoms with E-state index in [1.807, 2.05) is 0 Å². The smallest absolute Gasteiger partial charge is 0.281 e. The van der Waals surface area contributed by atoms with E-state index in [0.29, 0.717) is 0 Å². The fourth-order valence-electron chi connectivity index (χ4n) is 1.26. The summed E-state index contributed by atoms with van der Waals surface area (Å²) in [5, 5.41) is 8.89. The number of amides is 1. The van der Waals surface area contributed by atoms with Gasteiger partial charge in [-0.25, -0.2) is 9.02 Å². The highest BCUT2D eigenvalue weighted by Gasteiger charge is 2.17. The SMILES string of the molecule is Cc1ccc(NC(=O)c2nonc2N)c(F)c1. The number of aromatic nitrogens is 2. The second kappa shape index (κ2) is 4.20. The number of benzene rings is 1. The van der Waals surface area contributed by atoms with Crippen LogP contribution < -0.4 is 11.1 Å². The van der Waals surface area contributed by atoms with E-state index in [-0.39, 0.29) is 17.2 Å². The van der Waals surface area contributed by atoms with E-state index >= 15 is 0 Å². The quantitative estimate of drug-likeness (QED) is 0.820. The van der Waals surface area contributed by atoms with E-state index in [4.69, 9.17) is 5.73 Å². The third kappa shape index (κ3) is 2.22. The van der Waals surface area contributed by atoms with Crippen molar-refractivity contribution in [2.24, 2.45) is 0 Å². The Bertz CT molecular complexity index is 567. The number of hydrogen-bond acceptors (Lipinski definition) is 5. The van der Waals surface area contributed by atoms with Crippen LogP contribution in [0.15, 0.2) is 22.8 Å². The molecular weight excluding hydrogens is 227 g/mol. The van der Waals surface area contributed by atoms with Crippen LogP contribution in [0.4, 0.5) is 15.9 Å². The summed E-state index contributed by atoms with van der Waals surface area (Å²) in [6, 6.07) is 4.43. The summed E-state index contributed by atoms with van der Waals surface area (Å²) in [5.74, 6) is -1.35. The van der Waals surface area contributed by atoms with E-state index in [9.17, 15) is 9.18 Å². The van der Waals surface area contributed by atoms with Gasteiger partial charge in [0.25, 0.3) is 5.91 Å². The number of nitrogens with two attached hydrogens (primary N) is 1. The van der Waals surface area contributed by atoms with Crippen LogP contribution in [0.25, 0.3) is 0 Å². The molecule has 2 aromatic rings. The third-order valence-electron chi connectivity index (χ3n) is 2.10. The van der Waals surface area contributed by atoms with E-state index in [1.165, 1.54) is 12.1 Å². The minimum absolute atomic E-state index is 0.0444. The van der Waals surface area contributed by atoms with Crippen LogP contribution >= 0.6 is 0 Å². The zero-order valence-electron chi connectivity index (χ0n) is 8.90. The molecule has 17 heavy (non-hydrogen) atoms. The molecule has 88 valence electrons. The minimum Gasteiger partial charge on any atom is -0.379 e. The average molecular weight is 236 g/mol. The van der Waals surface area contributed by atoms with Gasteiger partial charge < -0.3 is 11.1 Å². The summed E-state index contributed by atoms with van der Waals surface area (Å²) in [4.78, 5) is 11.6. The molecule has 0 aliphatic rings. The van der Waals surface area contributed by atoms with Crippen molar-refractivity contribution in [3.05, 3.63) is 35.3 Å². The summed E-state index contributed by atoms with van der Waals surface area (Å²) >= 11 is 0. The molecule has 0 radical (unpaired) electrons. The van der Waals surface area contributed by atoms with Crippen molar-refractivity contribution in [1.29, 1.82) is 0 Å². The molecule has 1 amide bonds. The Morgan fingerprint density at radius 1 is 1.47 bits per heavy atom. The van der Waals surface area contributed by atoms with Gasteiger partial charge in [-0.2, -0.15) is 0 Å². The Morgan fingerprint density at radius 3 is 2.82 bits per heavy atom. The van der Waals surface area contributed by atoms with Crippen molar-refractivity contribution in [3.63, 3.8) is 0 Å². The molecule has 1 aromatic carbocycles. The molecule has 2 rings (SSSR count). The fourth-order valence-corrected chi connectivity index (χ4v) is 1.26. The Kier molecular flexibility index (Phi) is 2.73. The highest BCUT2D eigenvalue weighted by Crippen LogP contribution is 2.16. The molecule has 1 heterocycles. The molecule has 0 aliphatic carbocycles. The van der Waals surface area contributed by atoms with Crippen molar-refractivity contribution in [1.82, 2.24) is 10.3 Å². The summed E-state index contributed by atoms with van der Waals surface area (Å²) in [5.41, 5.74) is 5.96. The molecule has 0 bridgehead atoms. The van der Waals surface area contributed by atoms with Crippen LogP contribution in [0.5, 0.6) is 0 Å². The topological polar surface area (TPSA) is 94.0 Å². The van der Waals surface area contributed by atoms with Gasteiger partial charge in [-0.05, 0) is 34.9 Å². The number of carbonyl (C=O) groups is 1.